The second kappa shape index (κ2) is 13.7. The van der Waals surface area contributed by atoms with E-state index in [1.165, 1.54) is 0 Å². The SMILES string of the molecule is CC(C)c1sc(-c2sc(-c3sc(-c4sc(-c5sc(-c6scc7c6OCCO7)c6c5OCCO6)c5c4OCCO5)c4c3OCCO4)c3c2OCCO3)c2c1OCCO2. The second-order valence-corrected chi connectivity index (χ2v) is 19.7. The summed E-state index contributed by atoms with van der Waals surface area (Å²) in [5.41, 5.74) is 0. The molecule has 6 aromatic rings. The van der Waals surface area contributed by atoms with Crippen LogP contribution in [-0.4, -0.2) is 79.3 Å². The Hall–Kier alpha value is -4.20. The highest BCUT2D eigenvalue weighted by atomic mass is 32.1. The summed E-state index contributed by atoms with van der Waals surface area (Å²) in [6.45, 7) is 9.85. The fourth-order valence-electron chi connectivity index (χ4n) is 7.52. The maximum Gasteiger partial charge on any atom is 0.181 e. The molecule has 6 aliphatic heterocycles. The Morgan fingerprint density at radius 3 is 0.930 bits per heavy atom. The van der Waals surface area contributed by atoms with Gasteiger partial charge >= 0.3 is 0 Å². The molecule has 0 bridgehead atoms. The Balaban J connectivity index is 1.02. The molecule has 0 spiro atoms. The van der Waals surface area contributed by atoms with Gasteiger partial charge in [0.05, 0.1) is 53.6 Å². The van der Waals surface area contributed by atoms with Crippen LogP contribution in [0.1, 0.15) is 24.6 Å². The van der Waals surface area contributed by atoms with E-state index in [1.54, 1.807) is 68.0 Å². The zero-order chi connectivity index (χ0) is 37.8. The summed E-state index contributed by atoms with van der Waals surface area (Å²) in [5.74, 6) is 8.89. The van der Waals surface area contributed by atoms with Gasteiger partial charge in [0.1, 0.15) is 79.3 Å². The standard InChI is InChI=1S/C39H32O12S6/c1-16(2)29-19-20(43-6-5-42-19)32(53-29)33-23-24(47-10-9-46-23)36(55-33)37-27-28(51-14-13-50-27)39(57-37)38-26-25(48-11-12-49-26)35(56-38)34-22-21(44-7-8-45-22)31(54-34)30-18-17(15-52-30)40-3-4-41-18/h15-16H,3-14H2,1-2H3. The molecule has 12 heterocycles. The van der Waals surface area contributed by atoms with Crippen molar-refractivity contribution in [1.82, 2.24) is 0 Å². The summed E-state index contributed by atoms with van der Waals surface area (Å²) in [6, 6.07) is 0. The monoisotopic (exact) mass is 884 g/mol. The number of thiophene rings is 6. The fourth-order valence-corrected chi connectivity index (χ4v) is 15.0. The van der Waals surface area contributed by atoms with Gasteiger partial charge in [0, 0.05) is 5.38 Å². The third-order valence-corrected chi connectivity index (χ3v) is 17.7. The molecule has 18 heteroatoms. The van der Waals surface area contributed by atoms with Crippen LogP contribution in [0.5, 0.6) is 69.0 Å². The molecule has 0 unspecified atom stereocenters. The van der Waals surface area contributed by atoms with Crippen molar-refractivity contribution in [2.75, 3.05) is 79.3 Å². The van der Waals surface area contributed by atoms with Gasteiger partial charge in [-0.3, -0.25) is 0 Å². The van der Waals surface area contributed by atoms with Crippen LogP contribution in [0.3, 0.4) is 0 Å². The average molecular weight is 885 g/mol. The van der Waals surface area contributed by atoms with Crippen molar-refractivity contribution < 1.29 is 56.8 Å². The van der Waals surface area contributed by atoms with Crippen LogP contribution >= 0.6 is 68.0 Å². The van der Waals surface area contributed by atoms with Crippen molar-refractivity contribution in [3.05, 3.63) is 10.3 Å². The molecule has 0 radical (unpaired) electrons. The normalized spacial score (nSPS) is 17.2. The van der Waals surface area contributed by atoms with Crippen LogP contribution in [-0.2, 0) is 0 Å². The van der Waals surface area contributed by atoms with E-state index in [4.69, 9.17) is 56.8 Å². The van der Waals surface area contributed by atoms with Gasteiger partial charge in [-0.15, -0.1) is 68.0 Å². The highest BCUT2D eigenvalue weighted by molar-refractivity contribution is 7.31. The van der Waals surface area contributed by atoms with Crippen LogP contribution < -0.4 is 56.8 Å². The van der Waals surface area contributed by atoms with E-state index >= 15 is 0 Å². The molecule has 12 rings (SSSR count). The van der Waals surface area contributed by atoms with Gasteiger partial charge in [-0.25, -0.2) is 0 Å². The Morgan fingerprint density at radius 2 is 0.579 bits per heavy atom. The molecule has 57 heavy (non-hydrogen) atoms. The van der Waals surface area contributed by atoms with Crippen LogP contribution in [0.4, 0.5) is 0 Å². The van der Waals surface area contributed by atoms with Crippen molar-refractivity contribution in [3.63, 3.8) is 0 Å². The zero-order valence-corrected chi connectivity index (χ0v) is 35.4. The van der Waals surface area contributed by atoms with Crippen molar-refractivity contribution in [2.24, 2.45) is 0 Å². The van der Waals surface area contributed by atoms with Crippen molar-refractivity contribution >= 4 is 68.0 Å². The third-order valence-electron chi connectivity index (χ3n) is 9.88. The predicted octanol–water partition coefficient (Wildman–Crippen LogP) is 10.1. The van der Waals surface area contributed by atoms with Crippen LogP contribution in [0.25, 0.3) is 48.8 Å². The first kappa shape index (κ1) is 34.8. The number of fused-ring (bicyclic) bond motifs is 6. The van der Waals surface area contributed by atoms with E-state index in [0.29, 0.717) is 125 Å². The molecule has 12 nitrogen and oxygen atoms in total. The molecule has 0 saturated heterocycles. The zero-order valence-electron chi connectivity index (χ0n) is 30.5. The van der Waals surface area contributed by atoms with E-state index in [-0.39, 0.29) is 5.92 Å². The molecule has 296 valence electrons. The summed E-state index contributed by atoms with van der Waals surface area (Å²) in [4.78, 5) is 10.4. The summed E-state index contributed by atoms with van der Waals surface area (Å²) >= 11 is 9.68. The molecular weight excluding hydrogens is 853 g/mol. The lowest BCUT2D eigenvalue weighted by atomic mass is 10.1. The van der Waals surface area contributed by atoms with E-state index in [2.05, 4.69) is 13.8 Å². The lowest BCUT2D eigenvalue weighted by molar-refractivity contribution is 0.170. The molecule has 6 aliphatic rings. The highest BCUT2D eigenvalue weighted by Gasteiger charge is 2.40. The van der Waals surface area contributed by atoms with E-state index in [1.807, 2.05) is 5.38 Å². The predicted molar refractivity (Wildman–Crippen MR) is 221 cm³/mol. The maximum atomic E-state index is 6.48. The Morgan fingerprint density at radius 1 is 0.316 bits per heavy atom. The molecule has 0 amide bonds. The summed E-state index contributed by atoms with van der Waals surface area (Å²) in [6.07, 6.45) is 0. The smallest absolute Gasteiger partial charge is 0.181 e. The third kappa shape index (κ3) is 5.36. The first-order valence-corrected chi connectivity index (χ1v) is 23.6. The number of hydrogen-bond acceptors (Lipinski definition) is 18. The van der Waals surface area contributed by atoms with Gasteiger partial charge in [-0.05, 0) is 5.92 Å². The highest BCUT2D eigenvalue weighted by Crippen LogP contribution is 2.68. The van der Waals surface area contributed by atoms with E-state index in [9.17, 15) is 0 Å². The minimum atomic E-state index is 0.270. The van der Waals surface area contributed by atoms with E-state index < -0.39 is 0 Å². The second-order valence-electron chi connectivity index (χ2n) is 13.7. The largest absolute Gasteiger partial charge is 0.485 e. The molecule has 0 aromatic carbocycles. The number of hydrogen-bond donors (Lipinski definition) is 0. The van der Waals surface area contributed by atoms with Gasteiger partial charge in [-0.2, -0.15) is 0 Å². The topological polar surface area (TPSA) is 111 Å². The maximum absolute atomic E-state index is 6.48. The Bertz CT molecular complexity index is 2570. The van der Waals surface area contributed by atoms with Gasteiger partial charge in [0.2, 0.25) is 0 Å². The molecule has 0 atom stereocenters. The quantitative estimate of drug-likeness (QED) is 0.159. The van der Waals surface area contributed by atoms with E-state index in [0.717, 1.165) is 76.6 Å². The Kier molecular flexibility index (Phi) is 8.36. The van der Waals surface area contributed by atoms with Crippen molar-refractivity contribution in [3.8, 4) is 118 Å². The number of ether oxygens (including phenoxy) is 12. The summed E-state index contributed by atoms with van der Waals surface area (Å²) < 4.78 is 75.8. The average Bonchev–Trinajstić information content (AvgIpc) is 4.11. The fraction of sp³-hybridized carbons (Fsp3) is 0.385. The molecule has 6 aromatic heterocycles. The van der Waals surface area contributed by atoms with Gasteiger partial charge in [0.15, 0.2) is 69.0 Å². The Labute approximate surface area is 349 Å². The first-order valence-electron chi connectivity index (χ1n) is 18.6. The summed E-state index contributed by atoms with van der Waals surface area (Å²) in [5, 5.41) is 1.99. The minimum absolute atomic E-state index is 0.270. The van der Waals surface area contributed by atoms with Gasteiger partial charge < -0.3 is 56.8 Å². The molecule has 0 saturated carbocycles. The van der Waals surface area contributed by atoms with Crippen molar-refractivity contribution in [1.29, 1.82) is 0 Å². The van der Waals surface area contributed by atoms with Crippen LogP contribution in [0.15, 0.2) is 5.38 Å². The molecule has 0 N–H and O–H groups in total. The van der Waals surface area contributed by atoms with Crippen LogP contribution in [0.2, 0.25) is 0 Å². The lowest BCUT2D eigenvalue weighted by Gasteiger charge is -2.19. The van der Waals surface area contributed by atoms with Crippen LogP contribution in [0, 0.1) is 0 Å². The number of rotatable bonds is 6. The summed E-state index contributed by atoms with van der Waals surface area (Å²) in [7, 11) is 0. The molecule has 0 aliphatic carbocycles. The molecule has 0 fully saturated rings. The lowest BCUT2D eigenvalue weighted by Crippen LogP contribution is -2.16. The first-order chi connectivity index (χ1) is 28.1. The molecular formula is C39H32O12S6. The van der Waals surface area contributed by atoms with Gasteiger partial charge in [-0.1, -0.05) is 13.8 Å². The minimum Gasteiger partial charge on any atom is -0.485 e. The van der Waals surface area contributed by atoms with Crippen molar-refractivity contribution in [2.45, 2.75) is 19.8 Å². The van der Waals surface area contributed by atoms with Gasteiger partial charge in [0.25, 0.3) is 0 Å².